The van der Waals surface area contributed by atoms with Crippen LogP contribution < -0.4 is 4.74 Å². The lowest BCUT2D eigenvalue weighted by molar-refractivity contribution is 0.415. The second-order valence-electron chi connectivity index (χ2n) is 5.12. The van der Waals surface area contributed by atoms with Gasteiger partial charge < -0.3 is 4.74 Å². The molecule has 3 rings (SSSR count). The SMILES string of the molecule is COc1ccc2cc(C(Cl)CC3CC3)ccc2c1. The molecule has 94 valence electrons. The number of methoxy groups -OCH3 is 1. The summed E-state index contributed by atoms with van der Waals surface area (Å²) in [5.74, 6) is 1.76. The third kappa shape index (κ3) is 2.46. The van der Waals surface area contributed by atoms with E-state index in [-0.39, 0.29) is 5.38 Å². The summed E-state index contributed by atoms with van der Waals surface area (Å²) in [6.45, 7) is 0. The molecule has 1 aliphatic rings. The highest BCUT2D eigenvalue weighted by atomic mass is 35.5. The third-order valence-electron chi connectivity index (χ3n) is 3.67. The summed E-state index contributed by atoms with van der Waals surface area (Å²) >= 11 is 6.48. The van der Waals surface area contributed by atoms with Crippen LogP contribution in [0.5, 0.6) is 5.75 Å². The van der Waals surface area contributed by atoms with Crippen LogP contribution in [0.2, 0.25) is 0 Å². The van der Waals surface area contributed by atoms with E-state index in [0.717, 1.165) is 18.1 Å². The first-order valence-electron chi connectivity index (χ1n) is 6.48. The van der Waals surface area contributed by atoms with Gasteiger partial charge in [0.1, 0.15) is 5.75 Å². The van der Waals surface area contributed by atoms with Crippen LogP contribution in [0.4, 0.5) is 0 Å². The van der Waals surface area contributed by atoms with Gasteiger partial charge in [0.2, 0.25) is 0 Å². The van der Waals surface area contributed by atoms with E-state index in [9.17, 15) is 0 Å². The van der Waals surface area contributed by atoms with Crippen molar-refractivity contribution in [2.75, 3.05) is 7.11 Å². The highest BCUT2D eigenvalue weighted by Gasteiger charge is 2.25. The molecule has 0 saturated heterocycles. The fourth-order valence-corrected chi connectivity index (χ4v) is 2.73. The van der Waals surface area contributed by atoms with E-state index in [1.54, 1.807) is 7.11 Å². The normalized spacial score (nSPS) is 16.8. The van der Waals surface area contributed by atoms with Crippen LogP contribution in [-0.4, -0.2) is 7.11 Å². The predicted octanol–water partition coefficient (Wildman–Crippen LogP) is 4.93. The topological polar surface area (TPSA) is 9.23 Å². The van der Waals surface area contributed by atoms with Crippen LogP contribution in [0.25, 0.3) is 10.8 Å². The van der Waals surface area contributed by atoms with Crippen molar-refractivity contribution in [1.82, 2.24) is 0 Å². The molecule has 1 unspecified atom stereocenters. The smallest absolute Gasteiger partial charge is 0.119 e. The van der Waals surface area contributed by atoms with E-state index in [1.165, 1.54) is 29.2 Å². The van der Waals surface area contributed by atoms with Crippen molar-refractivity contribution in [2.24, 2.45) is 5.92 Å². The Kier molecular flexibility index (Phi) is 3.17. The number of alkyl halides is 1. The maximum Gasteiger partial charge on any atom is 0.119 e. The standard InChI is InChI=1S/C16H17ClO/c1-18-15-7-6-12-9-14(5-4-13(12)10-15)16(17)8-11-2-3-11/h4-7,9-11,16H,2-3,8H2,1H3. The molecule has 18 heavy (non-hydrogen) atoms. The highest BCUT2D eigenvalue weighted by molar-refractivity contribution is 6.21. The summed E-state index contributed by atoms with van der Waals surface area (Å²) in [6, 6.07) is 12.6. The molecular formula is C16H17ClO. The Morgan fingerprint density at radius 1 is 1.17 bits per heavy atom. The summed E-state index contributed by atoms with van der Waals surface area (Å²) in [5, 5.41) is 2.59. The number of hydrogen-bond acceptors (Lipinski definition) is 1. The molecule has 1 fully saturated rings. The lowest BCUT2D eigenvalue weighted by Crippen LogP contribution is -1.92. The molecule has 0 aliphatic heterocycles. The molecule has 1 saturated carbocycles. The van der Waals surface area contributed by atoms with Gasteiger partial charge in [-0.15, -0.1) is 11.6 Å². The van der Waals surface area contributed by atoms with Crippen LogP contribution in [0.3, 0.4) is 0 Å². The van der Waals surface area contributed by atoms with Gasteiger partial charge in [-0.25, -0.2) is 0 Å². The van der Waals surface area contributed by atoms with Gasteiger partial charge in [-0.1, -0.05) is 31.0 Å². The minimum Gasteiger partial charge on any atom is -0.497 e. The number of benzene rings is 2. The molecule has 1 nitrogen and oxygen atoms in total. The van der Waals surface area contributed by atoms with Crippen LogP contribution in [0, 0.1) is 5.92 Å². The Balaban J connectivity index is 1.90. The van der Waals surface area contributed by atoms with Crippen molar-refractivity contribution in [1.29, 1.82) is 0 Å². The largest absolute Gasteiger partial charge is 0.497 e. The second-order valence-corrected chi connectivity index (χ2v) is 5.65. The van der Waals surface area contributed by atoms with Gasteiger partial charge in [0.25, 0.3) is 0 Å². The van der Waals surface area contributed by atoms with E-state index >= 15 is 0 Å². The minimum absolute atomic E-state index is 0.156. The lowest BCUT2D eigenvalue weighted by atomic mass is 10.0. The van der Waals surface area contributed by atoms with Crippen molar-refractivity contribution >= 4 is 22.4 Å². The van der Waals surface area contributed by atoms with Gasteiger partial charge >= 0.3 is 0 Å². The average Bonchev–Trinajstić information content (AvgIpc) is 3.21. The Bertz CT molecular complexity index is 560. The summed E-state index contributed by atoms with van der Waals surface area (Å²) in [5.41, 5.74) is 1.24. The molecule has 2 aromatic carbocycles. The third-order valence-corrected chi connectivity index (χ3v) is 4.10. The molecule has 1 aliphatic carbocycles. The molecule has 0 bridgehead atoms. The van der Waals surface area contributed by atoms with Gasteiger partial charge in [0, 0.05) is 0 Å². The molecule has 0 radical (unpaired) electrons. The molecule has 0 spiro atoms. The van der Waals surface area contributed by atoms with Crippen LogP contribution in [-0.2, 0) is 0 Å². The summed E-state index contributed by atoms with van der Waals surface area (Å²) in [6.07, 6.45) is 3.82. The molecule has 2 heteroatoms. The number of rotatable bonds is 4. The molecule has 2 aromatic rings. The zero-order valence-electron chi connectivity index (χ0n) is 10.5. The van der Waals surface area contributed by atoms with Crippen molar-refractivity contribution in [2.45, 2.75) is 24.6 Å². The van der Waals surface area contributed by atoms with Crippen molar-refractivity contribution < 1.29 is 4.74 Å². The fraction of sp³-hybridized carbons (Fsp3) is 0.375. The lowest BCUT2D eigenvalue weighted by Gasteiger charge is -2.10. The van der Waals surface area contributed by atoms with Crippen molar-refractivity contribution in [3.63, 3.8) is 0 Å². The molecule has 0 amide bonds. The van der Waals surface area contributed by atoms with E-state index in [1.807, 2.05) is 6.07 Å². The Hall–Kier alpha value is -1.21. The summed E-state index contributed by atoms with van der Waals surface area (Å²) in [4.78, 5) is 0. The first-order chi connectivity index (χ1) is 8.76. The van der Waals surface area contributed by atoms with Crippen LogP contribution in [0.15, 0.2) is 36.4 Å². The first-order valence-corrected chi connectivity index (χ1v) is 6.91. The molecular weight excluding hydrogens is 244 g/mol. The summed E-state index contributed by atoms with van der Waals surface area (Å²) in [7, 11) is 1.69. The number of ether oxygens (including phenoxy) is 1. The summed E-state index contributed by atoms with van der Waals surface area (Å²) < 4.78 is 5.23. The predicted molar refractivity (Wildman–Crippen MR) is 76.4 cm³/mol. The van der Waals surface area contributed by atoms with Crippen LogP contribution >= 0.6 is 11.6 Å². The van der Waals surface area contributed by atoms with Crippen molar-refractivity contribution in [3.05, 3.63) is 42.0 Å². The second kappa shape index (κ2) is 4.81. The number of fused-ring (bicyclic) bond motifs is 1. The number of halogens is 1. The van der Waals surface area contributed by atoms with E-state index in [2.05, 4.69) is 30.3 Å². The maximum atomic E-state index is 6.48. The highest BCUT2D eigenvalue weighted by Crippen LogP contribution is 2.40. The first kappa shape index (κ1) is 11.9. The maximum absolute atomic E-state index is 6.48. The Morgan fingerprint density at radius 2 is 1.89 bits per heavy atom. The van der Waals surface area contributed by atoms with Gasteiger partial charge in [0.15, 0.2) is 0 Å². The van der Waals surface area contributed by atoms with Gasteiger partial charge in [0.05, 0.1) is 12.5 Å². The molecule has 1 atom stereocenters. The van der Waals surface area contributed by atoms with Gasteiger partial charge in [-0.3, -0.25) is 0 Å². The van der Waals surface area contributed by atoms with Crippen LogP contribution in [0.1, 0.15) is 30.2 Å². The Labute approximate surface area is 113 Å². The van der Waals surface area contributed by atoms with Gasteiger partial charge in [-0.2, -0.15) is 0 Å². The zero-order valence-corrected chi connectivity index (χ0v) is 11.3. The average molecular weight is 261 g/mol. The molecule has 0 N–H and O–H groups in total. The Morgan fingerprint density at radius 3 is 2.61 bits per heavy atom. The van der Waals surface area contributed by atoms with E-state index in [4.69, 9.17) is 16.3 Å². The van der Waals surface area contributed by atoms with E-state index in [0.29, 0.717) is 0 Å². The fourth-order valence-electron chi connectivity index (χ4n) is 2.35. The number of hydrogen-bond donors (Lipinski definition) is 0. The zero-order chi connectivity index (χ0) is 12.5. The minimum atomic E-state index is 0.156. The quantitative estimate of drug-likeness (QED) is 0.709. The molecule has 0 aromatic heterocycles. The molecule has 0 heterocycles. The monoisotopic (exact) mass is 260 g/mol. The van der Waals surface area contributed by atoms with Crippen molar-refractivity contribution in [3.8, 4) is 5.75 Å². The van der Waals surface area contributed by atoms with Gasteiger partial charge in [-0.05, 0) is 46.9 Å². The van der Waals surface area contributed by atoms with E-state index < -0.39 is 0 Å².